The van der Waals surface area contributed by atoms with Gasteiger partial charge in [0.05, 0.1) is 12.6 Å². The maximum atomic E-state index is 12.9. The van der Waals surface area contributed by atoms with Crippen molar-refractivity contribution in [2.75, 3.05) is 43.1 Å². The molecule has 2 aromatic carbocycles. The minimum absolute atomic E-state index is 0.0267. The molecule has 2 fully saturated rings. The predicted molar refractivity (Wildman–Crippen MR) is 118 cm³/mol. The highest BCUT2D eigenvalue weighted by atomic mass is 35.5. The summed E-state index contributed by atoms with van der Waals surface area (Å²) in [4.78, 5) is 28.8. The monoisotopic (exact) mass is 427 g/mol. The maximum Gasteiger partial charge on any atom is 0.253 e. The van der Waals surface area contributed by atoms with Gasteiger partial charge in [-0.25, -0.2) is 0 Å². The van der Waals surface area contributed by atoms with E-state index < -0.39 is 0 Å². The number of ether oxygens (including phenoxy) is 1. The fourth-order valence-corrected chi connectivity index (χ4v) is 4.18. The summed E-state index contributed by atoms with van der Waals surface area (Å²) in [5.74, 6) is -0.0147. The molecule has 2 aliphatic rings. The molecule has 0 bridgehead atoms. The van der Waals surface area contributed by atoms with E-state index in [0.29, 0.717) is 13.2 Å². The van der Waals surface area contributed by atoms with E-state index in [2.05, 4.69) is 10.2 Å². The third-order valence-electron chi connectivity index (χ3n) is 5.70. The SMILES string of the molecule is O=C(Nc1ccc(N2CCOCC2=O)cc1)C1CCCN1CCc1ccc(Cl)cc1. The first-order valence-electron chi connectivity index (χ1n) is 10.4. The lowest BCUT2D eigenvalue weighted by molar-refractivity contribution is -0.125. The van der Waals surface area contributed by atoms with Crippen molar-refractivity contribution in [1.29, 1.82) is 0 Å². The quantitative estimate of drug-likeness (QED) is 0.768. The summed E-state index contributed by atoms with van der Waals surface area (Å²) in [5.41, 5.74) is 2.79. The molecule has 2 amide bonds. The third-order valence-corrected chi connectivity index (χ3v) is 5.95. The van der Waals surface area contributed by atoms with Crippen LogP contribution in [0.2, 0.25) is 5.02 Å². The van der Waals surface area contributed by atoms with Crippen molar-refractivity contribution in [2.45, 2.75) is 25.3 Å². The van der Waals surface area contributed by atoms with E-state index in [1.807, 2.05) is 48.5 Å². The van der Waals surface area contributed by atoms with Crippen LogP contribution in [0.4, 0.5) is 11.4 Å². The lowest BCUT2D eigenvalue weighted by Crippen LogP contribution is -2.41. The third kappa shape index (κ3) is 5.01. The van der Waals surface area contributed by atoms with Gasteiger partial charge < -0.3 is 15.0 Å². The number of hydrogen-bond acceptors (Lipinski definition) is 4. The minimum Gasteiger partial charge on any atom is -0.370 e. The molecule has 0 saturated carbocycles. The number of nitrogens with zero attached hydrogens (tertiary/aromatic N) is 2. The summed E-state index contributed by atoms with van der Waals surface area (Å²) in [7, 11) is 0. The second-order valence-corrected chi connectivity index (χ2v) is 8.14. The normalized spacial score (nSPS) is 19.8. The van der Waals surface area contributed by atoms with E-state index in [0.717, 1.165) is 48.7 Å². The Bertz CT molecular complexity index is 886. The molecule has 1 atom stereocenters. The number of carbonyl (C=O) groups is 2. The molecule has 1 unspecified atom stereocenters. The number of rotatable bonds is 6. The van der Waals surface area contributed by atoms with Gasteiger partial charge in [0.2, 0.25) is 5.91 Å². The first kappa shape index (κ1) is 20.8. The van der Waals surface area contributed by atoms with Gasteiger partial charge in [-0.1, -0.05) is 23.7 Å². The van der Waals surface area contributed by atoms with Gasteiger partial charge in [-0.2, -0.15) is 0 Å². The molecule has 7 heteroatoms. The molecule has 30 heavy (non-hydrogen) atoms. The Hall–Kier alpha value is -2.41. The molecule has 0 aromatic heterocycles. The van der Waals surface area contributed by atoms with Crippen LogP contribution in [0.5, 0.6) is 0 Å². The second kappa shape index (κ2) is 9.60. The Labute approximate surface area is 181 Å². The Kier molecular flexibility index (Phi) is 6.67. The van der Waals surface area contributed by atoms with Crippen LogP contribution >= 0.6 is 11.6 Å². The minimum atomic E-state index is -0.113. The molecule has 1 N–H and O–H groups in total. The highest BCUT2D eigenvalue weighted by Gasteiger charge is 2.30. The van der Waals surface area contributed by atoms with Gasteiger partial charge in [-0.05, 0) is 67.8 Å². The smallest absolute Gasteiger partial charge is 0.253 e. The van der Waals surface area contributed by atoms with E-state index in [4.69, 9.17) is 16.3 Å². The molecule has 2 saturated heterocycles. The molecule has 0 aliphatic carbocycles. The van der Waals surface area contributed by atoms with Crippen LogP contribution in [0.15, 0.2) is 48.5 Å². The van der Waals surface area contributed by atoms with Crippen LogP contribution in [0.25, 0.3) is 0 Å². The number of benzene rings is 2. The topological polar surface area (TPSA) is 61.9 Å². The first-order valence-corrected chi connectivity index (χ1v) is 10.8. The van der Waals surface area contributed by atoms with E-state index in [1.54, 1.807) is 4.90 Å². The zero-order valence-electron chi connectivity index (χ0n) is 16.9. The predicted octanol–water partition coefficient (Wildman–Crippen LogP) is 3.35. The van der Waals surface area contributed by atoms with Crippen LogP contribution in [0.3, 0.4) is 0 Å². The van der Waals surface area contributed by atoms with Crippen molar-refractivity contribution in [3.8, 4) is 0 Å². The number of anilines is 2. The summed E-state index contributed by atoms with van der Waals surface area (Å²) in [6.07, 6.45) is 2.78. The van der Waals surface area contributed by atoms with Crippen molar-refractivity contribution in [3.63, 3.8) is 0 Å². The molecule has 6 nitrogen and oxygen atoms in total. The van der Waals surface area contributed by atoms with E-state index in [-0.39, 0.29) is 24.5 Å². The zero-order chi connectivity index (χ0) is 20.9. The number of morpholine rings is 1. The van der Waals surface area contributed by atoms with E-state index in [1.165, 1.54) is 5.56 Å². The van der Waals surface area contributed by atoms with Crippen molar-refractivity contribution in [3.05, 3.63) is 59.1 Å². The zero-order valence-corrected chi connectivity index (χ0v) is 17.6. The Morgan fingerprint density at radius 1 is 1.10 bits per heavy atom. The molecular formula is C23H26ClN3O3. The Morgan fingerprint density at radius 3 is 2.60 bits per heavy atom. The Morgan fingerprint density at radius 2 is 1.87 bits per heavy atom. The van der Waals surface area contributed by atoms with Crippen LogP contribution in [-0.2, 0) is 20.7 Å². The second-order valence-electron chi connectivity index (χ2n) is 7.70. The molecule has 158 valence electrons. The highest BCUT2D eigenvalue weighted by Crippen LogP contribution is 2.23. The number of carbonyl (C=O) groups excluding carboxylic acids is 2. The fourth-order valence-electron chi connectivity index (χ4n) is 4.06. The van der Waals surface area contributed by atoms with Crippen LogP contribution in [-0.4, -0.2) is 55.6 Å². The summed E-state index contributed by atoms with van der Waals surface area (Å²) < 4.78 is 5.17. The number of amides is 2. The van der Waals surface area contributed by atoms with Gasteiger partial charge in [0.15, 0.2) is 0 Å². The molecule has 0 spiro atoms. The average Bonchev–Trinajstić information content (AvgIpc) is 3.23. The number of halogens is 1. The van der Waals surface area contributed by atoms with Crippen LogP contribution in [0.1, 0.15) is 18.4 Å². The van der Waals surface area contributed by atoms with Crippen molar-refractivity contribution < 1.29 is 14.3 Å². The van der Waals surface area contributed by atoms with E-state index >= 15 is 0 Å². The molecule has 2 heterocycles. The van der Waals surface area contributed by atoms with Crippen molar-refractivity contribution in [2.24, 2.45) is 0 Å². The highest BCUT2D eigenvalue weighted by molar-refractivity contribution is 6.30. The molecular weight excluding hydrogens is 402 g/mol. The lowest BCUT2D eigenvalue weighted by atomic mass is 10.1. The fraction of sp³-hybridized carbons (Fsp3) is 0.391. The van der Waals surface area contributed by atoms with Crippen molar-refractivity contribution in [1.82, 2.24) is 4.90 Å². The summed E-state index contributed by atoms with van der Waals surface area (Å²) in [5, 5.41) is 3.77. The standard InChI is InChI=1S/C23H26ClN3O3/c24-18-5-3-17(4-6-18)11-13-26-12-1-2-21(26)23(29)25-19-7-9-20(10-8-19)27-14-15-30-16-22(27)28/h3-10,21H,1-2,11-16H2,(H,25,29). The van der Waals surface area contributed by atoms with Gasteiger partial charge in [-0.3, -0.25) is 14.5 Å². The summed E-state index contributed by atoms with van der Waals surface area (Å²) >= 11 is 5.95. The summed E-state index contributed by atoms with van der Waals surface area (Å²) in [6, 6.07) is 15.2. The first-order chi connectivity index (χ1) is 14.6. The number of hydrogen-bond donors (Lipinski definition) is 1. The summed E-state index contributed by atoms with van der Waals surface area (Å²) in [6.45, 7) is 2.99. The van der Waals surface area contributed by atoms with Crippen LogP contribution < -0.4 is 10.2 Å². The number of likely N-dealkylation sites (tertiary alicyclic amines) is 1. The molecule has 4 rings (SSSR count). The van der Waals surface area contributed by atoms with Crippen LogP contribution in [0, 0.1) is 0 Å². The van der Waals surface area contributed by atoms with Crippen molar-refractivity contribution >= 4 is 34.8 Å². The molecule has 2 aliphatic heterocycles. The van der Waals surface area contributed by atoms with Gasteiger partial charge in [0.25, 0.3) is 5.91 Å². The number of nitrogens with one attached hydrogen (secondary N) is 1. The molecule has 0 radical (unpaired) electrons. The van der Waals surface area contributed by atoms with Gasteiger partial charge >= 0.3 is 0 Å². The lowest BCUT2D eigenvalue weighted by Gasteiger charge is -2.27. The average molecular weight is 428 g/mol. The Balaban J connectivity index is 1.33. The largest absolute Gasteiger partial charge is 0.370 e. The maximum absolute atomic E-state index is 12.9. The van der Waals surface area contributed by atoms with Gasteiger partial charge in [0.1, 0.15) is 6.61 Å². The van der Waals surface area contributed by atoms with Gasteiger partial charge in [0, 0.05) is 29.5 Å². The van der Waals surface area contributed by atoms with E-state index in [9.17, 15) is 9.59 Å². The van der Waals surface area contributed by atoms with Gasteiger partial charge in [-0.15, -0.1) is 0 Å². The molecule has 2 aromatic rings.